The Balaban J connectivity index is 1.90. The summed E-state index contributed by atoms with van der Waals surface area (Å²) in [5.41, 5.74) is 0. The summed E-state index contributed by atoms with van der Waals surface area (Å²) in [5, 5.41) is 9.41. The Morgan fingerprint density at radius 3 is 2.23 bits per heavy atom. The Bertz CT molecular complexity index is 132. The molecule has 0 bridgehead atoms. The smallest absolute Gasteiger partial charge is 0.0589 e. The summed E-state index contributed by atoms with van der Waals surface area (Å²) in [5.74, 6) is 0.795. The molecule has 2 fully saturated rings. The summed E-state index contributed by atoms with van der Waals surface area (Å²) in [6.07, 6.45) is 8.14. The van der Waals surface area contributed by atoms with Crippen LogP contribution in [-0.2, 0) is 0 Å². The maximum absolute atomic E-state index is 9.41. The van der Waals surface area contributed by atoms with Gasteiger partial charge in [0.15, 0.2) is 0 Å². The summed E-state index contributed by atoms with van der Waals surface area (Å²) in [6.45, 7) is 2.83. The van der Waals surface area contributed by atoms with Crippen molar-refractivity contribution in [2.45, 2.75) is 44.6 Å². The number of aliphatic hydroxyl groups excluding tert-OH is 1. The molecule has 13 heavy (non-hydrogen) atoms. The van der Waals surface area contributed by atoms with Gasteiger partial charge in [-0.3, -0.25) is 4.90 Å². The molecule has 0 aromatic rings. The van der Waals surface area contributed by atoms with Gasteiger partial charge in [0.2, 0.25) is 0 Å². The summed E-state index contributed by atoms with van der Waals surface area (Å²) in [4.78, 5) is 2.51. The first-order valence-electron chi connectivity index (χ1n) is 5.76. The molecule has 0 aromatic carbocycles. The first-order valence-corrected chi connectivity index (χ1v) is 5.76. The number of rotatable bonds is 3. The summed E-state index contributed by atoms with van der Waals surface area (Å²) < 4.78 is 0. The molecular weight excluding hydrogens is 162 g/mol. The fraction of sp³-hybridized carbons (Fsp3) is 1.00. The van der Waals surface area contributed by atoms with Crippen LogP contribution in [0.3, 0.4) is 0 Å². The van der Waals surface area contributed by atoms with Gasteiger partial charge in [-0.25, -0.2) is 0 Å². The first-order chi connectivity index (χ1) is 6.42. The zero-order valence-corrected chi connectivity index (χ0v) is 8.41. The molecule has 1 N–H and O–H groups in total. The molecule has 2 heteroatoms. The maximum Gasteiger partial charge on any atom is 0.0589 e. The van der Waals surface area contributed by atoms with E-state index in [-0.39, 0.29) is 0 Å². The fourth-order valence-electron chi connectivity index (χ4n) is 2.98. The Morgan fingerprint density at radius 2 is 1.69 bits per heavy atom. The third kappa shape index (κ3) is 2.05. The minimum Gasteiger partial charge on any atom is -0.395 e. The quantitative estimate of drug-likeness (QED) is 0.719. The molecule has 1 saturated carbocycles. The van der Waals surface area contributed by atoms with Gasteiger partial charge in [0.1, 0.15) is 0 Å². The molecule has 1 heterocycles. The van der Waals surface area contributed by atoms with Crippen molar-refractivity contribution in [3.8, 4) is 0 Å². The molecule has 0 amide bonds. The van der Waals surface area contributed by atoms with E-state index in [4.69, 9.17) is 0 Å². The van der Waals surface area contributed by atoms with Crippen molar-refractivity contribution in [2.24, 2.45) is 5.92 Å². The molecule has 1 saturated heterocycles. The van der Waals surface area contributed by atoms with Crippen LogP contribution in [0.5, 0.6) is 0 Å². The van der Waals surface area contributed by atoms with E-state index in [2.05, 4.69) is 4.90 Å². The highest BCUT2D eigenvalue weighted by Gasteiger charge is 2.30. The Labute approximate surface area is 80.9 Å². The third-order valence-corrected chi connectivity index (χ3v) is 3.74. The molecule has 2 nitrogen and oxygen atoms in total. The van der Waals surface area contributed by atoms with Gasteiger partial charge in [0.05, 0.1) is 6.61 Å². The van der Waals surface area contributed by atoms with Crippen molar-refractivity contribution in [3.05, 3.63) is 0 Å². The predicted octanol–water partition coefficient (Wildman–Crippen LogP) is 1.63. The van der Waals surface area contributed by atoms with Crippen LogP contribution in [0.15, 0.2) is 0 Å². The lowest BCUT2D eigenvalue weighted by molar-refractivity contribution is 0.101. The average molecular weight is 183 g/mol. The minimum absolute atomic E-state index is 0.380. The molecule has 0 radical (unpaired) electrons. The monoisotopic (exact) mass is 183 g/mol. The lowest BCUT2D eigenvalue weighted by Gasteiger charge is -2.30. The molecule has 0 aromatic heterocycles. The zero-order valence-electron chi connectivity index (χ0n) is 8.41. The van der Waals surface area contributed by atoms with E-state index in [1.165, 1.54) is 51.6 Å². The minimum atomic E-state index is 0.380. The van der Waals surface area contributed by atoms with Crippen LogP contribution in [0.4, 0.5) is 0 Å². The number of aliphatic hydroxyl groups is 1. The highest BCUT2D eigenvalue weighted by Crippen LogP contribution is 2.31. The zero-order chi connectivity index (χ0) is 9.10. The van der Waals surface area contributed by atoms with Gasteiger partial charge in [0, 0.05) is 6.04 Å². The second kappa shape index (κ2) is 4.43. The van der Waals surface area contributed by atoms with Gasteiger partial charge < -0.3 is 5.11 Å². The highest BCUT2D eigenvalue weighted by atomic mass is 16.3. The number of nitrogens with zero attached hydrogens (tertiary/aromatic N) is 1. The number of hydrogen-bond donors (Lipinski definition) is 1. The van der Waals surface area contributed by atoms with E-state index in [9.17, 15) is 5.11 Å². The molecule has 2 aliphatic rings. The molecule has 2 rings (SSSR count). The van der Waals surface area contributed by atoms with Gasteiger partial charge in [-0.05, 0) is 44.7 Å². The molecule has 76 valence electrons. The Morgan fingerprint density at radius 1 is 1.08 bits per heavy atom. The molecule has 1 unspecified atom stereocenters. The topological polar surface area (TPSA) is 23.5 Å². The van der Waals surface area contributed by atoms with Crippen LogP contribution in [-0.4, -0.2) is 35.7 Å². The van der Waals surface area contributed by atoms with Gasteiger partial charge in [-0.1, -0.05) is 12.8 Å². The van der Waals surface area contributed by atoms with Crippen LogP contribution in [0.25, 0.3) is 0 Å². The SMILES string of the molecule is OCC(C1CCCC1)N1CCCC1. The van der Waals surface area contributed by atoms with Crippen molar-refractivity contribution in [2.75, 3.05) is 19.7 Å². The summed E-state index contributed by atoms with van der Waals surface area (Å²) in [7, 11) is 0. The Hall–Kier alpha value is -0.0800. The van der Waals surface area contributed by atoms with E-state index < -0.39 is 0 Å². The first kappa shape index (κ1) is 9.47. The summed E-state index contributed by atoms with van der Waals surface area (Å²) >= 11 is 0. The van der Waals surface area contributed by atoms with Crippen LogP contribution in [0.1, 0.15) is 38.5 Å². The molecule has 0 spiro atoms. The van der Waals surface area contributed by atoms with Crippen LogP contribution >= 0.6 is 0 Å². The lowest BCUT2D eigenvalue weighted by atomic mass is 9.97. The molecule has 1 atom stereocenters. The van der Waals surface area contributed by atoms with E-state index in [0.29, 0.717) is 12.6 Å². The summed E-state index contributed by atoms with van der Waals surface area (Å²) in [6, 6.07) is 0.491. The standard InChI is InChI=1S/C11H21NO/c13-9-11(10-5-1-2-6-10)12-7-3-4-8-12/h10-11,13H,1-9H2. The van der Waals surface area contributed by atoms with Crippen molar-refractivity contribution in [1.29, 1.82) is 0 Å². The average Bonchev–Trinajstić information content (AvgIpc) is 2.76. The van der Waals surface area contributed by atoms with Crippen molar-refractivity contribution in [1.82, 2.24) is 4.90 Å². The van der Waals surface area contributed by atoms with E-state index in [0.717, 1.165) is 5.92 Å². The highest BCUT2D eigenvalue weighted by molar-refractivity contribution is 4.84. The normalized spacial score (nSPS) is 28.4. The second-order valence-electron chi connectivity index (χ2n) is 4.54. The molecule has 1 aliphatic carbocycles. The maximum atomic E-state index is 9.41. The van der Waals surface area contributed by atoms with Gasteiger partial charge in [0.25, 0.3) is 0 Å². The van der Waals surface area contributed by atoms with Crippen molar-refractivity contribution >= 4 is 0 Å². The van der Waals surface area contributed by atoms with E-state index in [1.54, 1.807) is 0 Å². The van der Waals surface area contributed by atoms with Gasteiger partial charge in [-0.15, -0.1) is 0 Å². The van der Waals surface area contributed by atoms with Crippen LogP contribution in [0, 0.1) is 5.92 Å². The number of hydrogen-bond acceptors (Lipinski definition) is 2. The predicted molar refractivity (Wildman–Crippen MR) is 53.6 cm³/mol. The van der Waals surface area contributed by atoms with E-state index in [1.807, 2.05) is 0 Å². The third-order valence-electron chi connectivity index (χ3n) is 3.74. The second-order valence-corrected chi connectivity index (χ2v) is 4.54. The van der Waals surface area contributed by atoms with Gasteiger partial charge in [-0.2, -0.15) is 0 Å². The fourth-order valence-corrected chi connectivity index (χ4v) is 2.98. The van der Waals surface area contributed by atoms with Crippen LogP contribution in [0.2, 0.25) is 0 Å². The number of likely N-dealkylation sites (tertiary alicyclic amines) is 1. The van der Waals surface area contributed by atoms with Crippen molar-refractivity contribution < 1.29 is 5.11 Å². The Kier molecular flexibility index (Phi) is 3.23. The van der Waals surface area contributed by atoms with E-state index >= 15 is 0 Å². The van der Waals surface area contributed by atoms with Crippen molar-refractivity contribution in [3.63, 3.8) is 0 Å². The molecular formula is C11H21NO. The largest absolute Gasteiger partial charge is 0.395 e. The lowest BCUT2D eigenvalue weighted by Crippen LogP contribution is -2.40. The molecule has 1 aliphatic heterocycles. The van der Waals surface area contributed by atoms with Gasteiger partial charge >= 0.3 is 0 Å². The van der Waals surface area contributed by atoms with Crippen LogP contribution < -0.4 is 0 Å².